The van der Waals surface area contributed by atoms with Crippen LogP contribution in [0.3, 0.4) is 0 Å². The van der Waals surface area contributed by atoms with Gasteiger partial charge >= 0.3 is 0 Å². The lowest BCUT2D eigenvalue weighted by molar-refractivity contribution is 0.0986. The minimum atomic E-state index is 0.108. The van der Waals surface area contributed by atoms with E-state index >= 15 is 0 Å². The Hall–Kier alpha value is -2.00. The van der Waals surface area contributed by atoms with Gasteiger partial charge in [-0.2, -0.15) is 0 Å². The number of Topliss-reactive ketones (excluding diaryl/α,β-unsaturated/α-hetero) is 1. The number of benzene rings is 2. The summed E-state index contributed by atoms with van der Waals surface area (Å²) in [5.74, 6) is 0.909. The number of carbonyl (C=O) groups is 1. The molecule has 0 aliphatic rings. The molecule has 0 bridgehead atoms. The van der Waals surface area contributed by atoms with Crippen molar-refractivity contribution in [2.75, 3.05) is 18.5 Å². The predicted molar refractivity (Wildman–Crippen MR) is 91.1 cm³/mol. The van der Waals surface area contributed by atoms with Crippen molar-refractivity contribution >= 4 is 23.1 Å². The Labute approximate surface area is 136 Å². The second-order valence-corrected chi connectivity index (χ2v) is 5.42. The van der Waals surface area contributed by atoms with Gasteiger partial charge in [-0.3, -0.25) is 4.79 Å². The fourth-order valence-corrected chi connectivity index (χ4v) is 2.21. The third kappa shape index (κ3) is 5.08. The number of halogens is 1. The van der Waals surface area contributed by atoms with Crippen LogP contribution in [0, 0.1) is 0 Å². The first kappa shape index (κ1) is 16.4. The van der Waals surface area contributed by atoms with E-state index in [0.29, 0.717) is 30.2 Å². The lowest BCUT2D eigenvalue weighted by Gasteiger charge is -2.07. The molecule has 1 N–H and O–H groups in total. The topological polar surface area (TPSA) is 38.3 Å². The smallest absolute Gasteiger partial charge is 0.164 e. The monoisotopic (exact) mass is 317 g/mol. The maximum absolute atomic E-state index is 12.1. The van der Waals surface area contributed by atoms with Crippen molar-refractivity contribution in [3.63, 3.8) is 0 Å². The zero-order chi connectivity index (χ0) is 15.8. The van der Waals surface area contributed by atoms with Crippen LogP contribution in [-0.2, 0) is 0 Å². The highest BCUT2D eigenvalue weighted by molar-refractivity contribution is 6.30. The molecular weight excluding hydrogens is 298 g/mol. The molecular formula is C18H20ClNO2. The molecule has 0 radical (unpaired) electrons. The summed E-state index contributed by atoms with van der Waals surface area (Å²) in [4.78, 5) is 12.1. The summed E-state index contributed by atoms with van der Waals surface area (Å²) < 4.78 is 5.50. The number of hydrogen-bond donors (Lipinski definition) is 1. The first-order valence-corrected chi connectivity index (χ1v) is 7.82. The molecule has 2 rings (SSSR count). The molecule has 0 aliphatic heterocycles. The van der Waals surface area contributed by atoms with Gasteiger partial charge in [0.15, 0.2) is 5.78 Å². The van der Waals surface area contributed by atoms with E-state index in [4.69, 9.17) is 16.3 Å². The minimum Gasteiger partial charge on any atom is -0.494 e. The molecule has 0 unspecified atom stereocenters. The maximum atomic E-state index is 12.1. The standard InChI is InChI=1S/C18H20ClNO2/c1-2-12-22-17-8-6-14(7-9-17)18(21)10-11-20-16-5-3-4-15(19)13-16/h3-9,13,20H,2,10-12H2,1H3. The molecule has 0 aliphatic carbocycles. The lowest BCUT2D eigenvalue weighted by Crippen LogP contribution is -2.08. The largest absolute Gasteiger partial charge is 0.494 e. The summed E-state index contributed by atoms with van der Waals surface area (Å²) in [6.45, 7) is 3.33. The van der Waals surface area contributed by atoms with Crippen LogP contribution in [0.25, 0.3) is 0 Å². The quantitative estimate of drug-likeness (QED) is 0.710. The van der Waals surface area contributed by atoms with Crippen LogP contribution in [0.4, 0.5) is 5.69 Å². The number of carbonyl (C=O) groups excluding carboxylic acids is 1. The Bertz CT molecular complexity index is 611. The molecule has 0 aromatic heterocycles. The van der Waals surface area contributed by atoms with Crippen molar-refractivity contribution in [1.29, 1.82) is 0 Å². The van der Waals surface area contributed by atoms with Gasteiger partial charge in [-0.1, -0.05) is 24.6 Å². The number of hydrogen-bond acceptors (Lipinski definition) is 3. The summed E-state index contributed by atoms with van der Waals surface area (Å²) in [5.41, 5.74) is 1.63. The van der Waals surface area contributed by atoms with Gasteiger partial charge in [-0.25, -0.2) is 0 Å². The van der Waals surface area contributed by atoms with Gasteiger partial charge in [0.25, 0.3) is 0 Å². The number of nitrogens with one attached hydrogen (secondary N) is 1. The Morgan fingerprint density at radius 2 is 1.95 bits per heavy atom. The lowest BCUT2D eigenvalue weighted by atomic mass is 10.1. The van der Waals surface area contributed by atoms with E-state index in [0.717, 1.165) is 17.9 Å². The van der Waals surface area contributed by atoms with Crippen molar-refractivity contribution < 1.29 is 9.53 Å². The summed E-state index contributed by atoms with van der Waals surface area (Å²) >= 11 is 5.91. The van der Waals surface area contributed by atoms with Gasteiger partial charge in [0, 0.05) is 29.2 Å². The van der Waals surface area contributed by atoms with Crippen molar-refractivity contribution in [1.82, 2.24) is 0 Å². The first-order valence-electron chi connectivity index (χ1n) is 7.44. The van der Waals surface area contributed by atoms with Gasteiger partial charge in [0.1, 0.15) is 5.75 Å². The summed E-state index contributed by atoms with van der Waals surface area (Å²) in [5, 5.41) is 3.88. The third-order valence-corrected chi connectivity index (χ3v) is 3.39. The predicted octanol–water partition coefficient (Wildman–Crippen LogP) is 4.81. The Kier molecular flexibility index (Phi) is 6.28. The van der Waals surface area contributed by atoms with E-state index in [2.05, 4.69) is 12.2 Å². The number of anilines is 1. The fraction of sp³-hybridized carbons (Fsp3) is 0.278. The van der Waals surface area contributed by atoms with Crippen molar-refractivity contribution in [2.45, 2.75) is 19.8 Å². The van der Waals surface area contributed by atoms with Crippen molar-refractivity contribution in [3.05, 3.63) is 59.1 Å². The number of ether oxygens (including phenoxy) is 1. The molecule has 22 heavy (non-hydrogen) atoms. The molecule has 0 heterocycles. The molecule has 2 aromatic rings. The molecule has 0 amide bonds. The van der Waals surface area contributed by atoms with Crippen LogP contribution in [0.1, 0.15) is 30.1 Å². The Morgan fingerprint density at radius 1 is 1.18 bits per heavy atom. The molecule has 2 aromatic carbocycles. The SMILES string of the molecule is CCCOc1ccc(C(=O)CCNc2cccc(Cl)c2)cc1. The molecule has 4 heteroatoms. The van der Waals surface area contributed by atoms with E-state index in [-0.39, 0.29) is 5.78 Å². The van der Waals surface area contributed by atoms with Gasteiger partial charge in [-0.05, 0) is 48.9 Å². The fourth-order valence-electron chi connectivity index (χ4n) is 2.02. The highest BCUT2D eigenvalue weighted by atomic mass is 35.5. The Balaban J connectivity index is 1.81. The molecule has 0 fully saturated rings. The van der Waals surface area contributed by atoms with Gasteiger partial charge in [0.2, 0.25) is 0 Å². The van der Waals surface area contributed by atoms with E-state index in [1.807, 2.05) is 48.5 Å². The first-order chi connectivity index (χ1) is 10.7. The number of rotatable bonds is 8. The summed E-state index contributed by atoms with van der Waals surface area (Å²) in [6.07, 6.45) is 1.40. The summed E-state index contributed by atoms with van der Waals surface area (Å²) in [6, 6.07) is 14.8. The van der Waals surface area contributed by atoms with E-state index in [1.54, 1.807) is 0 Å². The third-order valence-electron chi connectivity index (χ3n) is 3.15. The summed E-state index contributed by atoms with van der Waals surface area (Å²) in [7, 11) is 0. The second kappa shape index (κ2) is 8.44. The van der Waals surface area contributed by atoms with Crippen LogP contribution in [-0.4, -0.2) is 18.9 Å². The normalized spacial score (nSPS) is 10.3. The van der Waals surface area contributed by atoms with Crippen LogP contribution in [0.15, 0.2) is 48.5 Å². The average Bonchev–Trinajstić information content (AvgIpc) is 2.53. The van der Waals surface area contributed by atoms with Crippen molar-refractivity contribution in [2.24, 2.45) is 0 Å². The van der Waals surface area contributed by atoms with Crippen LogP contribution in [0.5, 0.6) is 5.75 Å². The maximum Gasteiger partial charge on any atom is 0.164 e. The second-order valence-electron chi connectivity index (χ2n) is 4.98. The van der Waals surface area contributed by atoms with Gasteiger partial charge < -0.3 is 10.1 Å². The van der Waals surface area contributed by atoms with Gasteiger partial charge in [0.05, 0.1) is 6.61 Å². The average molecular weight is 318 g/mol. The molecule has 0 spiro atoms. The molecule has 116 valence electrons. The highest BCUT2D eigenvalue weighted by Gasteiger charge is 2.06. The Morgan fingerprint density at radius 3 is 2.64 bits per heavy atom. The van der Waals surface area contributed by atoms with Crippen LogP contribution in [0.2, 0.25) is 5.02 Å². The van der Waals surface area contributed by atoms with Gasteiger partial charge in [-0.15, -0.1) is 0 Å². The molecule has 0 saturated heterocycles. The minimum absolute atomic E-state index is 0.108. The highest BCUT2D eigenvalue weighted by Crippen LogP contribution is 2.16. The van der Waals surface area contributed by atoms with Crippen LogP contribution < -0.4 is 10.1 Å². The van der Waals surface area contributed by atoms with Crippen molar-refractivity contribution in [3.8, 4) is 5.75 Å². The molecule has 0 saturated carbocycles. The molecule has 3 nitrogen and oxygen atoms in total. The molecule has 0 atom stereocenters. The number of ketones is 1. The van der Waals surface area contributed by atoms with E-state index < -0.39 is 0 Å². The van der Waals surface area contributed by atoms with E-state index in [1.165, 1.54) is 0 Å². The van der Waals surface area contributed by atoms with Crippen LogP contribution >= 0.6 is 11.6 Å². The van der Waals surface area contributed by atoms with E-state index in [9.17, 15) is 4.79 Å². The zero-order valence-corrected chi connectivity index (χ0v) is 13.4. The zero-order valence-electron chi connectivity index (χ0n) is 12.6.